The van der Waals surface area contributed by atoms with Crippen LogP contribution >= 0.6 is 11.3 Å². The minimum atomic E-state index is -0.0705. The number of aromatic nitrogens is 3. The molecule has 0 spiro atoms. The number of nitrogens with zero attached hydrogens (tertiary/aromatic N) is 4. The summed E-state index contributed by atoms with van der Waals surface area (Å²) in [6.45, 7) is 5.35. The Morgan fingerprint density at radius 2 is 1.72 bits per heavy atom. The van der Waals surface area contributed by atoms with Gasteiger partial charge in [-0.05, 0) is 26.0 Å². The second kappa shape index (κ2) is 7.00. The van der Waals surface area contributed by atoms with Crippen LogP contribution < -0.4 is 5.32 Å². The van der Waals surface area contributed by atoms with Gasteiger partial charge in [0, 0.05) is 29.1 Å². The molecule has 0 radical (unpaired) electrons. The molecule has 6 nitrogen and oxygen atoms in total. The number of rotatable bonds is 2. The van der Waals surface area contributed by atoms with Crippen LogP contribution in [0.5, 0.6) is 0 Å². The van der Waals surface area contributed by atoms with E-state index in [1.165, 1.54) is 11.1 Å². The van der Waals surface area contributed by atoms with Crippen LogP contribution in [0.15, 0.2) is 48.5 Å². The Balaban J connectivity index is 1.35. The molecular formula is C22H21N5OS. The van der Waals surface area contributed by atoms with Crippen molar-refractivity contribution in [3.8, 4) is 11.4 Å². The van der Waals surface area contributed by atoms with Gasteiger partial charge in [-0.25, -0.2) is 9.31 Å². The van der Waals surface area contributed by atoms with Crippen molar-refractivity contribution in [3.63, 3.8) is 0 Å². The van der Waals surface area contributed by atoms with E-state index in [0.29, 0.717) is 13.1 Å². The Kier molecular flexibility index (Phi) is 4.32. The highest BCUT2D eigenvalue weighted by Gasteiger charge is 2.26. The summed E-state index contributed by atoms with van der Waals surface area (Å²) in [7, 11) is 0. The first kappa shape index (κ1) is 17.9. The van der Waals surface area contributed by atoms with E-state index < -0.39 is 0 Å². The predicted molar refractivity (Wildman–Crippen MR) is 115 cm³/mol. The third-order valence-corrected chi connectivity index (χ3v) is 6.28. The highest BCUT2D eigenvalue weighted by Crippen LogP contribution is 2.30. The highest BCUT2D eigenvalue weighted by atomic mass is 32.1. The first-order valence-electron chi connectivity index (χ1n) is 9.64. The predicted octanol–water partition coefficient (Wildman–Crippen LogP) is 4.66. The third-order valence-electron chi connectivity index (χ3n) is 5.22. The van der Waals surface area contributed by atoms with Crippen molar-refractivity contribution in [2.45, 2.75) is 26.8 Å². The van der Waals surface area contributed by atoms with Gasteiger partial charge in [0.15, 0.2) is 5.82 Å². The molecule has 0 atom stereocenters. The second-order valence-corrected chi connectivity index (χ2v) is 8.50. The van der Waals surface area contributed by atoms with Gasteiger partial charge < -0.3 is 10.2 Å². The SMILES string of the molecule is Cc1ccc(NC(=O)N2CCc3c(sc4nc(-c5ccc(C)cc5)nn34)C2)cc1. The summed E-state index contributed by atoms with van der Waals surface area (Å²) in [6.07, 6.45) is 0.771. The number of anilines is 1. The van der Waals surface area contributed by atoms with Crippen molar-refractivity contribution in [3.05, 3.63) is 70.2 Å². The van der Waals surface area contributed by atoms with Crippen LogP contribution in [0.2, 0.25) is 0 Å². The Bertz CT molecular complexity index is 1190. The van der Waals surface area contributed by atoms with Crippen LogP contribution in [0.3, 0.4) is 0 Å². The molecule has 29 heavy (non-hydrogen) atoms. The first-order valence-corrected chi connectivity index (χ1v) is 10.5. The molecule has 0 bridgehead atoms. The van der Waals surface area contributed by atoms with Crippen LogP contribution in [-0.2, 0) is 13.0 Å². The summed E-state index contributed by atoms with van der Waals surface area (Å²) in [6, 6.07) is 16.0. The third kappa shape index (κ3) is 3.38. The normalized spacial score (nSPS) is 13.5. The number of thiazole rings is 1. The number of carbonyl (C=O) groups excluding carboxylic acids is 1. The van der Waals surface area contributed by atoms with Gasteiger partial charge >= 0.3 is 6.03 Å². The molecule has 1 N–H and O–H groups in total. The van der Waals surface area contributed by atoms with Gasteiger partial charge in [0.1, 0.15) is 0 Å². The molecule has 2 aromatic heterocycles. The van der Waals surface area contributed by atoms with Crippen molar-refractivity contribution < 1.29 is 4.79 Å². The van der Waals surface area contributed by atoms with E-state index in [4.69, 9.17) is 10.1 Å². The summed E-state index contributed by atoms with van der Waals surface area (Å²) >= 11 is 1.62. The largest absolute Gasteiger partial charge is 0.322 e. The van der Waals surface area contributed by atoms with Crippen LogP contribution in [-0.4, -0.2) is 32.1 Å². The molecule has 146 valence electrons. The molecule has 7 heteroatoms. The lowest BCUT2D eigenvalue weighted by atomic mass is 10.1. The van der Waals surface area contributed by atoms with Gasteiger partial charge in [-0.1, -0.05) is 58.9 Å². The number of benzene rings is 2. The van der Waals surface area contributed by atoms with Gasteiger partial charge in [0.05, 0.1) is 12.2 Å². The Morgan fingerprint density at radius 3 is 2.45 bits per heavy atom. The van der Waals surface area contributed by atoms with Crippen molar-refractivity contribution in [1.82, 2.24) is 19.5 Å². The molecule has 4 aromatic rings. The number of aryl methyl sites for hydroxylation is 2. The molecular weight excluding hydrogens is 382 g/mol. The van der Waals surface area contributed by atoms with Crippen LogP contribution in [0, 0.1) is 13.8 Å². The maximum Gasteiger partial charge on any atom is 0.322 e. The summed E-state index contributed by atoms with van der Waals surface area (Å²) in [4.78, 5) is 21.3. The highest BCUT2D eigenvalue weighted by molar-refractivity contribution is 7.17. The van der Waals surface area contributed by atoms with Crippen LogP contribution in [0.25, 0.3) is 16.3 Å². The number of hydrogen-bond donors (Lipinski definition) is 1. The minimum absolute atomic E-state index is 0.0705. The number of carbonyl (C=O) groups is 1. The van der Waals surface area contributed by atoms with E-state index >= 15 is 0 Å². The quantitative estimate of drug-likeness (QED) is 0.529. The van der Waals surface area contributed by atoms with Crippen LogP contribution in [0.1, 0.15) is 21.7 Å². The van der Waals surface area contributed by atoms with Crippen molar-refractivity contribution >= 4 is 28.0 Å². The molecule has 0 saturated carbocycles. The summed E-state index contributed by atoms with van der Waals surface area (Å²) in [5.41, 5.74) is 5.39. The Labute approximate surface area is 172 Å². The average Bonchev–Trinajstić information content (AvgIpc) is 3.27. The Hall–Kier alpha value is -3.19. The zero-order valence-corrected chi connectivity index (χ0v) is 17.2. The maximum absolute atomic E-state index is 12.7. The van der Waals surface area contributed by atoms with Gasteiger partial charge in [0.2, 0.25) is 4.96 Å². The summed E-state index contributed by atoms with van der Waals surface area (Å²) in [5.74, 6) is 0.749. The van der Waals surface area contributed by atoms with Gasteiger partial charge in [-0.2, -0.15) is 4.98 Å². The van der Waals surface area contributed by atoms with E-state index in [-0.39, 0.29) is 6.03 Å². The standard InChI is InChI=1S/C22H21N5OS/c1-14-3-7-16(8-4-14)20-24-22-27(25-20)18-11-12-26(13-19(18)29-22)21(28)23-17-9-5-15(2)6-10-17/h3-10H,11-13H2,1-2H3,(H,23,28). The molecule has 0 unspecified atom stereocenters. The smallest absolute Gasteiger partial charge is 0.319 e. The lowest BCUT2D eigenvalue weighted by Crippen LogP contribution is -2.38. The zero-order chi connectivity index (χ0) is 20.0. The van der Waals surface area contributed by atoms with E-state index in [9.17, 15) is 4.79 Å². The van der Waals surface area contributed by atoms with Gasteiger partial charge in [-0.3, -0.25) is 0 Å². The van der Waals surface area contributed by atoms with Gasteiger partial charge in [-0.15, -0.1) is 5.10 Å². The molecule has 5 rings (SSSR count). The van der Waals surface area contributed by atoms with Crippen molar-refractivity contribution in [2.24, 2.45) is 0 Å². The fourth-order valence-corrected chi connectivity index (χ4v) is 4.64. The molecule has 3 heterocycles. The number of nitrogens with one attached hydrogen (secondary N) is 1. The Morgan fingerprint density at radius 1 is 1.03 bits per heavy atom. The molecule has 0 aliphatic carbocycles. The average molecular weight is 404 g/mol. The summed E-state index contributed by atoms with van der Waals surface area (Å²) in [5, 5.41) is 7.71. The minimum Gasteiger partial charge on any atom is -0.319 e. The lowest BCUT2D eigenvalue weighted by Gasteiger charge is -2.26. The topological polar surface area (TPSA) is 62.5 Å². The maximum atomic E-state index is 12.7. The molecule has 0 saturated heterocycles. The van der Waals surface area contributed by atoms with Crippen LogP contribution in [0.4, 0.5) is 10.5 Å². The lowest BCUT2D eigenvalue weighted by molar-refractivity contribution is 0.206. The second-order valence-electron chi connectivity index (χ2n) is 7.44. The number of hydrogen-bond acceptors (Lipinski definition) is 4. The van der Waals surface area contributed by atoms with Crippen molar-refractivity contribution in [1.29, 1.82) is 0 Å². The molecule has 1 aliphatic rings. The van der Waals surface area contributed by atoms with Crippen molar-refractivity contribution in [2.75, 3.05) is 11.9 Å². The van der Waals surface area contributed by atoms with E-state index in [2.05, 4.69) is 36.5 Å². The zero-order valence-electron chi connectivity index (χ0n) is 16.3. The first-order chi connectivity index (χ1) is 14.1. The number of urea groups is 1. The fourth-order valence-electron chi connectivity index (χ4n) is 3.53. The van der Waals surface area contributed by atoms with E-state index in [1.54, 1.807) is 11.3 Å². The van der Waals surface area contributed by atoms with Gasteiger partial charge in [0.25, 0.3) is 0 Å². The fraction of sp³-hybridized carbons (Fsp3) is 0.227. The number of amides is 2. The monoisotopic (exact) mass is 403 g/mol. The summed E-state index contributed by atoms with van der Waals surface area (Å²) < 4.78 is 1.95. The molecule has 1 aliphatic heterocycles. The molecule has 2 aromatic carbocycles. The molecule has 0 fully saturated rings. The number of fused-ring (bicyclic) bond motifs is 3. The van der Waals surface area contributed by atoms with E-state index in [1.807, 2.05) is 40.6 Å². The molecule has 2 amide bonds. The van der Waals surface area contributed by atoms with E-state index in [0.717, 1.165) is 39.0 Å².